The number of anilines is 2. The van der Waals surface area contributed by atoms with E-state index in [9.17, 15) is 4.79 Å². The first-order valence-corrected chi connectivity index (χ1v) is 11.7. The second-order valence-electron chi connectivity index (χ2n) is 9.21. The van der Waals surface area contributed by atoms with Gasteiger partial charge in [0.05, 0.1) is 12.8 Å². The first-order valence-electron chi connectivity index (χ1n) is 11.7. The highest BCUT2D eigenvalue weighted by Crippen LogP contribution is 2.26. The van der Waals surface area contributed by atoms with Crippen molar-refractivity contribution in [2.24, 2.45) is 11.8 Å². The minimum atomic E-state index is 0.0961. The summed E-state index contributed by atoms with van der Waals surface area (Å²) in [5.41, 5.74) is 4.18. The van der Waals surface area contributed by atoms with Crippen molar-refractivity contribution in [1.29, 1.82) is 0 Å². The van der Waals surface area contributed by atoms with E-state index in [0.717, 1.165) is 41.4 Å². The summed E-state index contributed by atoms with van der Waals surface area (Å²) in [5, 5.41) is 7.93. The number of aromatic nitrogens is 3. The van der Waals surface area contributed by atoms with Crippen molar-refractivity contribution in [2.45, 2.75) is 20.3 Å². The molecule has 174 valence electrons. The van der Waals surface area contributed by atoms with Gasteiger partial charge in [0.2, 0.25) is 5.95 Å². The lowest BCUT2D eigenvalue weighted by Gasteiger charge is -2.35. The van der Waals surface area contributed by atoms with Crippen LogP contribution in [0.3, 0.4) is 0 Å². The number of rotatable bonds is 5. The van der Waals surface area contributed by atoms with Gasteiger partial charge in [-0.2, -0.15) is 4.98 Å². The minimum absolute atomic E-state index is 0.0961. The summed E-state index contributed by atoms with van der Waals surface area (Å²) in [5.74, 6) is 2.45. The molecule has 2 unspecified atom stereocenters. The van der Waals surface area contributed by atoms with Crippen LogP contribution in [0.2, 0.25) is 0 Å². The van der Waals surface area contributed by atoms with Crippen LogP contribution in [0, 0.1) is 11.8 Å². The van der Waals surface area contributed by atoms with E-state index in [1.807, 2.05) is 76.1 Å². The lowest BCUT2D eigenvalue weighted by Crippen LogP contribution is -2.42. The molecule has 1 aliphatic heterocycles. The number of nitrogens with zero attached hydrogens (tertiary/aromatic N) is 4. The number of ether oxygens (including phenoxy) is 1. The van der Waals surface area contributed by atoms with E-state index in [0.29, 0.717) is 23.3 Å². The SMILES string of the molecule is COc1cccc(-c2cccc3nc(Nc4ccc(C(=O)N5CC(C)CC(C)C5)cc4)nn23)c1. The van der Waals surface area contributed by atoms with Gasteiger partial charge in [-0.25, -0.2) is 4.52 Å². The molecule has 5 rings (SSSR count). The molecule has 34 heavy (non-hydrogen) atoms. The average molecular weight is 456 g/mol. The Labute approximate surface area is 199 Å². The second-order valence-corrected chi connectivity index (χ2v) is 9.21. The molecule has 1 fully saturated rings. The fraction of sp³-hybridized carbons (Fsp3) is 0.296. The van der Waals surface area contributed by atoms with Crippen molar-refractivity contribution < 1.29 is 9.53 Å². The molecule has 1 amide bonds. The van der Waals surface area contributed by atoms with Gasteiger partial charge in [0.15, 0.2) is 5.65 Å². The van der Waals surface area contributed by atoms with Crippen molar-refractivity contribution in [3.05, 3.63) is 72.3 Å². The number of carbonyl (C=O) groups excluding carboxylic acids is 1. The van der Waals surface area contributed by atoms with Gasteiger partial charge >= 0.3 is 0 Å². The smallest absolute Gasteiger partial charge is 0.253 e. The van der Waals surface area contributed by atoms with Gasteiger partial charge < -0.3 is 15.0 Å². The molecule has 0 saturated carbocycles. The standard InChI is InChI=1S/C27H29N5O2/c1-18-14-19(2)17-31(16-18)26(33)20-10-12-22(13-11-20)28-27-29-25-9-5-8-24(32(25)30-27)21-6-4-7-23(15-21)34-3/h4-13,15,18-19H,14,16-17H2,1-3H3,(H,28,30). The molecule has 0 bridgehead atoms. The fourth-order valence-corrected chi connectivity index (χ4v) is 4.80. The highest BCUT2D eigenvalue weighted by atomic mass is 16.5. The van der Waals surface area contributed by atoms with Gasteiger partial charge in [0.25, 0.3) is 5.91 Å². The topological polar surface area (TPSA) is 71.8 Å². The molecule has 2 aromatic heterocycles. The normalized spacial score (nSPS) is 18.1. The van der Waals surface area contributed by atoms with Crippen molar-refractivity contribution in [3.8, 4) is 17.0 Å². The maximum Gasteiger partial charge on any atom is 0.253 e. The number of carbonyl (C=O) groups is 1. The highest BCUT2D eigenvalue weighted by Gasteiger charge is 2.26. The lowest BCUT2D eigenvalue weighted by atomic mass is 9.91. The van der Waals surface area contributed by atoms with Crippen LogP contribution in [0.4, 0.5) is 11.6 Å². The number of hydrogen-bond donors (Lipinski definition) is 1. The molecule has 1 saturated heterocycles. The first kappa shape index (κ1) is 21.9. The number of hydrogen-bond acceptors (Lipinski definition) is 5. The van der Waals surface area contributed by atoms with Crippen molar-refractivity contribution in [3.63, 3.8) is 0 Å². The zero-order valence-corrected chi connectivity index (χ0v) is 19.7. The number of fused-ring (bicyclic) bond motifs is 1. The third-order valence-electron chi connectivity index (χ3n) is 6.27. The zero-order chi connectivity index (χ0) is 23.7. The summed E-state index contributed by atoms with van der Waals surface area (Å²) in [6.45, 7) is 6.07. The Kier molecular flexibility index (Phi) is 5.92. The Morgan fingerprint density at radius 3 is 2.47 bits per heavy atom. The lowest BCUT2D eigenvalue weighted by molar-refractivity contribution is 0.0623. The summed E-state index contributed by atoms with van der Waals surface area (Å²) in [6, 6.07) is 21.3. The van der Waals surface area contributed by atoms with Crippen molar-refractivity contribution in [2.75, 3.05) is 25.5 Å². The summed E-state index contributed by atoms with van der Waals surface area (Å²) in [6.07, 6.45) is 1.18. The molecule has 0 radical (unpaired) electrons. The number of nitrogens with one attached hydrogen (secondary N) is 1. The third-order valence-corrected chi connectivity index (χ3v) is 6.27. The number of benzene rings is 2. The summed E-state index contributed by atoms with van der Waals surface area (Å²) >= 11 is 0. The van der Waals surface area contributed by atoms with E-state index in [1.54, 1.807) is 7.11 Å². The molecular weight excluding hydrogens is 426 g/mol. The molecule has 1 aliphatic rings. The Morgan fingerprint density at radius 2 is 1.74 bits per heavy atom. The summed E-state index contributed by atoms with van der Waals surface area (Å²) in [4.78, 5) is 19.6. The molecule has 7 heteroatoms. The van der Waals surface area contributed by atoms with Gasteiger partial charge in [-0.05, 0) is 66.8 Å². The predicted octanol–water partition coefficient (Wildman–Crippen LogP) is 5.27. The van der Waals surface area contributed by atoms with Crippen LogP contribution in [0.15, 0.2) is 66.7 Å². The highest BCUT2D eigenvalue weighted by molar-refractivity contribution is 5.94. The third kappa shape index (κ3) is 4.46. The molecule has 1 N–H and O–H groups in total. The number of amides is 1. The Balaban J connectivity index is 1.35. The molecule has 0 spiro atoms. The summed E-state index contributed by atoms with van der Waals surface area (Å²) < 4.78 is 7.18. The van der Waals surface area contributed by atoms with Crippen LogP contribution in [0.1, 0.15) is 30.6 Å². The maximum atomic E-state index is 13.0. The van der Waals surface area contributed by atoms with Crippen LogP contribution >= 0.6 is 0 Å². The number of likely N-dealkylation sites (tertiary alicyclic amines) is 1. The largest absolute Gasteiger partial charge is 0.497 e. The molecule has 7 nitrogen and oxygen atoms in total. The van der Waals surface area contributed by atoms with Gasteiger partial charge in [-0.3, -0.25) is 4.79 Å². The first-order chi connectivity index (χ1) is 16.5. The summed E-state index contributed by atoms with van der Waals surface area (Å²) in [7, 11) is 1.66. The van der Waals surface area contributed by atoms with Gasteiger partial charge in [0.1, 0.15) is 5.75 Å². The second kappa shape index (κ2) is 9.17. The molecule has 0 aliphatic carbocycles. The Hall–Kier alpha value is -3.87. The van der Waals surface area contributed by atoms with Crippen molar-refractivity contribution in [1.82, 2.24) is 19.5 Å². The van der Waals surface area contributed by atoms with Crippen LogP contribution in [0.25, 0.3) is 16.9 Å². The fourth-order valence-electron chi connectivity index (χ4n) is 4.80. The quantitative estimate of drug-likeness (QED) is 0.444. The van der Waals surface area contributed by atoms with Gasteiger partial charge in [0, 0.05) is 29.9 Å². The van der Waals surface area contributed by atoms with E-state index in [2.05, 4.69) is 29.2 Å². The van der Waals surface area contributed by atoms with E-state index in [-0.39, 0.29) is 5.91 Å². The zero-order valence-electron chi connectivity index (χ0n) is 19.7. The van der Waals surface area contributed by atoms with E-state index in [4.69, 9.17) is 4.74 Å². The molecule has 2 aromatic carbocycles. The molecular formula is C27H29N5O2. The number of methoxy groups -OCH3 is 1. The molecule has 3 heterocycles. The predicted molar refractivity (Wildman–Crippen MR) is 134 cm³/mol. The van der Waals surface area contributed by atoms with Crippen LogP contribution < -0.4 is 10.1 Å². The number of pyridine rings is 1. The number of piperidine rings is 1. The Bertz CT molecular complexity index is 1300. The average Bonchev–Trinajstić information content (AvgIpc) is 3.26. The molecule has 2 atom stereocenters. The minimum Gasteiger partial charge on any atom is -0.497 e. The van der Waals surface area contributed by atoms with Gasteiger partial charge in [-0.1, -0.05) is 32.0 Å². The van der Waals surface area contributed by atoms with E-state index < -0.39 is 0 Å². The van der Waals surface area contributed by atoms with Crippen LogP contribution in [0.5, 0.6) is 5.75 Å². The van der Waals surface area contributed by atoms with Gasteiger partial charge in [-0.15, -0.1) is 5.10 Å². The maximum absolute atomic E-state index is 13.0. The molecule has 4 aromatic rings. The van der Waals surface area contributed by atoms with E-state index in [1.165, 1.54) is 6.42 Å². The van der Waals surface area contributed by atoms with Crippen LogP contribution in [-0.2, 0) is 0 Å². The van der Waals surface area contributed by atoms with Crippen LogP contribution in [-0.4, -0.2) is 45.6 Å². The Morgan fingerprint density at radius 1 is 1.00 bits per heavy atom. The van der Waals surface area contributed by atoms with Crippen molar-refractivity contribution >= 4 is 23.2 Å². The van der Waals surface area contributed by atoms with E-state index >= 15 is 0 Å². The monoisotopic (exact) mass is 455 g/mol.